The van der Waals surface area contributed by atoms with Gasteiger partial charge in [0.15, 0.2) is 17.3 Å². The second kappa shape index (κ2) is 6.76. The third kappa shape index (κ3) is 3.44. The monoisotopic (exact) mass is 302 g/mol. The molecule has 0 radical (unpaired) electrons. The molecule has 114 valence electrons. The molecule has 0 aliphatic carbocycles. The lowest BCUT2D eigenvalue weighted by molar-refractivity contribution is 0.104. The zero-order valence-electron chi connectivity index (χ0n) is 12.2. The number of rotatable bonds is 5. The van der Waals surface area contributed by atoms with Gasteiger partial charge in [0.2, 0.25) is 0 Å². The number of phenols is 1. The standard InChI is InChI=1S/C17H15FO4/c1-21-16-8-4-11(9-17(16)22-2)3-6-14(19)13-10-12(18)5-7-15(13)20/h3-10,20H,1-2H3/b6-3+. The average Bonchev–Trinajstić information content (AvgIpc) is 2.54. The van der Waals surface area contributed by atoms with Crippen LogP contribution < -0.4 is 9.47 Å². The summed E-state index contributed by atoms with van der Waals surface area (Å²) in [7, 11) is 3.05. The van der Waals surface area contributed by atoms with Crippen molar-refractivity contribution < 1.29 is 23.8 Å². The summed E-state index contributed by atoms with van der Waals surface area (Å²) >= 11 is 0. The second-order valence-electron chi connectivity index (χ2n) is 4.47. The SMILES string of the molecule is COc1ccc(/C=C/C(=O)c2cc(F)ccc2O)cc1OC. The number of aromatic hydroxyl groups is 1. The van der Waals surface area contributed by atoms with Gasteiger partial charge in [0.25, 0.3) is 0 Å². The number of halogens is 1. The maximum atomic E-state index is 13.1. The molecule has 1 N–H and O–H groups in total. The van der Waals surface area contributed by atoms with E-state index in [1.165, 1.54) is 20.3 Å². The molecule has 2 rings (SSSR count). The van der Waals surface area contributed by atoms with Gasteiger partial charge in [-0.1, -0.05) is 12.1 Å². The molecule has 0 unspecified atom stereocenters. The number of hydrogen-bond acceptors (Lipinski definition) is 4. The zero-order chi connectivity index (χ0) is 16.1. The summed E-state index contributed by atoms with van der Waals surface area (Å²) in [6.45, 7) is 0. The number of hydrogen-bond donors (Lipinski definition) is 1. The average molecular weight is 302 g/mol. The van der Waals surface area contributed by atoms with E-state index in [1.807, 2.05) is 0 Å². The number of ether oxygens (including phenoxy) is 2. The van der Waals surface area contributed by atoms with Gasteiger partial charge < -0.3 is 14.6 Å². The van der Waals surface area contributed by atoms with Crippen LogP contribution in [0.15, 0.2) is 42.5 Å². The van der Waals surface area contributed by atoms with Crippen LogP contribution in [0.3, 0.4) is 0 Å². The molecule has 2 aromatic carbocycles. The van der Waals surface area contributed by atoms with Crippen LogP contribution in [-0.2, 0) is 0 Å². The van der Waals surface area contributed by atoms with Crippen molar-refractivity contribution >= 4 is 11.9 Å². The van der Waals surface area contributed by atoms with Crippen molar-refractivity contribution in [1.29, 1.82) is 0 Å². The number of phenolic OH excluding ortho intramolecular Hbond substituents is 1. The Balaban J connectivity index is 2.24. The topological polar surface area (TPSA) is 55.8 Å². The van der Waals surface area contributed by atoms with E-state index in [-0.39, 0.29) is 11.3 Å². The van der Waals surface area contributed by atoms with Gasteiger partial charge in [0, 0.05) is 0 Å². The van der Waals surface area contributed by atoms with Crippen molar-refractivity contribution in [3.63, 3.8) is 0 Å². The molecule has 0 aliphatic heterocycles. The largest absolute Gasteiger partial charge is 0.507 e. The maximum absolute atomic E-state index is 13.1. The number of carbonyl (C=O) groups is 1. The molecule has 22 heavy (non-hydrogen) atoms. The summed E-state index contributed by atoms with van der Waals surface area (Å²) in [4.78, 5) is 12.0. The molecule has 0 spiro atoms. The van der Waals surface area contributed by atoms with Crippen LogP contribution in [0.25, 0.3) is 6.08 Å². The number of allylic oxidation sites excluding steroid dienone is 1. The van der Waals surface area contributed by atoms with Crippen molar-refractivity contribution in [1.82, 2.24) is 0 Å². The van der Waals surface area contributed by atoms with Crippen molar-refractivity contribution in [2.24, 2.45) is 0 Å². The molecule has 0 saturated carbocycles. The van der Waals surface area contributed by atoms with Gasteiger partial charge in [0.1, 0.15) is 11.6 Å². The summed E-state index contributed by atoms with van der Waals surface area (Å²) in [5, 5.41) is 9.60. The smallest absolute Gasteiger partial charge is 0.189 e. The first-order chi connectivity index (χ1) is 10.5. The Morgan fingerprint density at radius 3 is 2.50 bits per heavy atom. The van der Waals surface area contributed by atoms with Crippen LogP contribution in [0.5, 0.6) is 17.2 Å². The highest BCUT2D eigenvalue weighted by Gasteiger charge is 2.09. The fourth-order valence-corrected chi connectivity index (χ4v) is 1.92. The molecule has 5 heteroatoms. The van der Waals surface area contributed by atoms with Gasteiger partial charge in [-0.25, -0.2) is 4.39 Å². The zero-order valence-corrected chi connectivity index (χ0v) is 12.2. The van der Waals surface area contributed by atoms with Crippen LogP contribution in [0.4, 0.5) is 4.39 Å². The minimum atomic E-state index is -0.583. The molecule has 2 aromatic rings. The lowest BCUT2D eigenvalue weighted by atomic mass is 10.1. The van der Waals surface area contributed by atoms with Crippen molar-refractivity contribution in [2.75, 3.05) is 14.2 Å². The fraction of sp³-hybridized carbons (Fsp3) is 0.118. The van der Waals surface area contributed by atoms with E-state index in [9.17, 15) is 14.3 Å². The third-order valence-electron chi connectivity index (χ3n) is 3.06. The van der Waals surface area contributed by atoms with Gasteiger partial charge in [-0.2, -0.15) is 0 Å². The lowest BCUT2D eigenvalue weighted by Crippen LogP contribution is -1.96. The van der Waals surface area contributed by atoms with Crippen LogP contribution in [0.2, 0.25) is 0 Å². The molecule has 0 heterocycles. The van der Waals surface area contributed by atoms with Crippen molar-refractivity contribution in [3.8, 4) is 17.2 Å². The van der Waals surface area contributed by atoms with Crippen LogP contribution in [-0.4, -0.2) is 25.1 Å². The van der Waals surface area contributed by atoms with Crippen molar-refractivity contribution in [3.05, 3.63) is 59.4 Å². The molecule has 0 saturated heterocycles. The van der Waals surface area contributed by atoms with Gasteiger partial charge >= 0.3 is 0 Å². The molecule has 0 aromatic heterocycles. The van der Waals surface area contributed by atoms with E-state index in [4.69, 9.17) is 9.47 Å². The Hall–Kier alpha value is -2.82. The molecule has 0 amide bonds. The summed E-state index contributed by atoms with van der Waals surface area (Å²) in [6, 6.07) is 8.39. The van der Waals surface area contributed by atoms with Crippen LogP contribution >= 0.6 is 0 Å². The number of benzene rings is 2. The van der Waals surface area contributed by atoms with E-state index < -0.39 is 11.6 Å². The van der Waals surface area contributed by atoms with E-state index in [0.29, 0.717) is 17.1 Å². The normalized spacial score (nSPS) is 10.7. The highest BCUT2D eigenvalue weighted by Crippen LogP contribution is 2.28. The fourth-order valence-electron chi connectivity index (χ4n) is 1.92. The van der Waals surface area contributed by atoms with Gasteiger partial charge in [0.05, 0.1) is 19.8 Å². The van der Waals surface area contributed by atoms with Gasteiger partial charge in [-0.05, 0) is 42.0 Å². The maximum Gasteiger partial charge on any atom is 0.189 e. The first-order valence-electron chi connectivity index (χ1n) is 6.48. The predicted octanol–water partition coefficient (Wildman–Crippen LogP) is 3.44. The minimum absolute atomic E-state index is 0.0864. The van der Waals surface area contributed by atoms with E-state index >= 15 is 0 Å². The highest BCUT2D eigenvalue weighted by atomic mass is 19.1. The number of methoxy groups -OCH3 is 2. The third-order valence-corrected chi connectivity index (χ3v) is 3.06. The predicted molar refractivity (Wildman–Crippen MR) is 81.0 cm³/mol. The molecular weight excluding hydrogens is 287 g/mol. The van der Waals surface area contributed by atoms with E-state index in [0.717, 1.165) is 18.2 Å². The van der Waals surface area contributed by atoms with E-state index in [1.54, 1.807) is 24.3 Å². The Kier molecular flexibility index (Phi) is 4.78. The Bertz CT molecular complexity index is 723. The van der Waals surface area contributed by atoms with Crippen LogP contribution in [0.1, 0.15) is 15.9 Å². The molecule has 0 atom stereocenters. The Morgan fingerprint density at radius 2 is 1.82 bits per heavy atom. The van der Waals surface area contributed by atoms with Crippen LogP contribution in [0, 0.1) is 5.82 Å². The van der Waals surface area contributed by atoms with Crippen molar-refractivity contribution in [2.45, 2.75) is 0 Å². The molecular formula is C17H15FO4. The molecule has 0 bridgehead atoms. The molecule has 0 fully saturated rings. The lowest BCUT2D eigenvalue weighted by Gasteiger charge is -2.07. The molecule has 0 aliphatic rings. The first-order valence-corrected chi connectivity index (χ1v) is 6.48. The summed E-state index contributed by atoms with van der Waals surface area (Å²) in [6.07, 6.45) is 2.81. The summed E-state index contributed by atoms with van der Waals surface area (Å²) in [5.74, 6) is -0.227. The molecule has 4 nitrogen and oxygen atoms in total. The first kappa shape index (κ1) is 15.6. The number of ketones is 1. The summed E-state index contributed by atoms with van der Waals surface area (Å²) < 4.78 is 23.4. The summed E-state index contributed by atoms with van der Waals surface area (Å²) in [5.41, 5.74) is 0.624. The van der Waals surface area contributed by atoms with Gasteiger partial charge in [-0.3, -0.25) is 4.79 Å². The quantitative estimate of drug-likeness (QED) is 0.679. The second-order valence-corrected chi connectivity index (χ2v) is 4.47. The van der Waals surface area contributed by atoms with E-state index in [2.05, 4.69) is 0 Å². The Morgan fingerprint density at radius 1 is 1.09 bits per heavy atom. The Labute approximate surface area is 127 Å². The highest BCUT2D eigenvalue weighted by molar-refractivity contribution is 6.08. The minimum Gasteiger partial charge on any atom is -0.507 e. The number of carbonyl (C=O) groups excluding carboxylic acids is 1. The van der Waals surface area contributed by atoms with Gasteiger partial charge in [-0.15, -0.1) is 0 Å².